The van der Waals surface area contributed by atoms with Gasteiger partial charge in [-0.3, -0.25) is 29.8 Å². The first-order valence-electron chi connectivity index (χ1n) is 13.4. The molecule has 3 heterocycles. The minimum absolute atomic E-state index is 0.0201. The fourth-order valence-electron chi connectivity index (χ4n) is 4.56. The van der Waals surface area contributed by atoms with E-state index in [0.29, 0.717) is 17.1 Å². The van der Waals surface area contributed by atoms with Crippen molar-refractivity contribution in [3.63, 3.8) is 0 Å². The SMILES string of the molecule is CN1NN=C(c2ccc(-c3ccc(N4C[C@H](COC(=O)Nc5ccc(CC(P(=O)(O)O)P(=O)(O)O)cc5)OC4=O)cc3F)cn2)N1. The van der Waals surface area contributed by atoms with Gasteiger partial charge in [0.2, 0.25) is 0 Å². The zero-order valence-corrected chi connectivity index (χ0v) is 25.6. The minimum Gasteiger partial charge on any atom is -0.445 e. The van der Waals surface area contributed by atoms with Crippen LogP contribution in [0.2, 0.25) is 0 Å². The lowest BCUT2D eigenvalue weighted by Crippen LogP contribution is -2.37. The van der Waals surface area contributed by atoms with Gasteiger partial charge >= 0.3 is 27.4 Å². The number of cyclic esters (lactones) is 1. The number of amides is 2. The van der Waals surface area contributed by atoms with E-state index >= 15 is 4.39 Å². The number of hydrazine groups is 2. The van der Waals surface area contributed by atoms with Gasteiger partial charge in [0, 0.05) is 30.1 Å². The Morgan fingerprint density at radius 2 is 1.85 bits per heavy atom. The summed E-state index contributed by atoms with van der Waals surface area (Å²) < 4.78 is 48.5. The van der Waals surface area contributed by atoms with Gasteiger partial charge in [-0.05, 0) is 48.4 Å². The Balaban J connectivity index is 1.13. The summed E-state index contributed by atoms with van der Waals surface area (Å²) in [6.07, 6.45) is -1.60. The van der Waals surface area contributed by atoms with Crippen LogP contribution in [0.1, 0.15) is 11.3 Å². The van der Waals surface area contributed by atoms with Gasteiger partial charge in [0.15, 0.2) is 17.3 Å². The third-order valence-electron chi connectivity index (χ3n) is 6.84. The number of pyridine rings is 1. The summed E-state index contributed by atoms with van der Waals surface area (Å²) in [5.74, 6) is -0.0942. The van der Waals surface area contributed by atoms with Crippen molar-refractivity contribution in [2.24, 2.45) is 5.10 Å². The molecule has 1 aromatic heterocycles. The van der Waals surface area contributed by atoms with Gasteiger partial charge in [-0.15, -0.1) is 10.2 Å². The van der Waals surface area contributed by atoms with E-state index in [1.54, 1.807) is 30.4 Å². The number of anilines is 2. The molecule has 2 aliphatic heterocycles. The number of hydrogen-bond donors (Lipinski definition) is 7. The Labute approximate surface area is 260 Å². The topological polar surface area (TPSA) is 235 Å². The standard InChI is InChI=1S/C26H28FN7O10P2/c1-33-31-24(30-32-33)22-9-4-16(12-28-22)20-8-7-18(11-21(20)27)34-13-19(44-26(34)36)14-43-25(35)29-17-5-2-15(3-6-17)10-23(45(37,38)39)46(40,41)42/h2-9,11-12,19,23,32H,10,13-14H2,1H3,(H,29,35)(H,30,31)(H2,37,38,39)(H2,40,41,42)/t19-/m1/s1. The molecule has 5 rings (SSSR count). The third kappa shape index (κ3) is 7.86. The predicted octanol–water partition coefficient (Wildman–Crippen LogP) is 2.30. The zero-order chi connectivity index (χ0) is 33.2. The lowest BCUT2D eigenvalue weighted by atomic mass is 10.1. The van der Waals surface area contributed by atoms with Crippen molar-refractivity contribution in [1.29, 1.82) is 0 Å². The quantitative estimate of drug-likeness (QED) is 0.152. The summed E-state index contributed by atoms with van der Waals surface area (Å²) in [6.45, 7) is -0.337. The summed E-state index contributed by atoms with van der Waals surface area (Å²) in [6, 6.07) is 13.0. The van der Waals surface area contributed by atoms with E-state index in [1.807, 2.05) is 0 Å². The van der Waals surface area contributed by atoms with Crippen LogP contribution in [0.4, 0.5) is 25.4 Å². The second-order valence-corrected chi connectivity index (χ2v) is 14.2. The molecule has 2 amide bonds. The number of ether oxygens (including phenoxy) is 2. The van der Waals surface area contributed by atoms with E-state index in [9.17, 15) is 38.3 Å². The maximum absolute atomic E-state index is 15.1. The van der Waals surface area contributed by atoms with Crippen LogP contribution < -0.4 is 21.2 Å². The first kappa shape index (κ1) is 33.0. The highest BCUT2D eigenvalue weighted by atomic mass is 31.2. The van der Waals surface area contributed by atoms with Crippen LogP contribution in [0.25, 0.3) is 11.1 Å². The molecule has 46 heavy (non-hydrogen) atoms. The Bertz CT molecular complexity index is 1730. The maximum atomic E-state index is 15.1. The molecule has 0 aliphatic carbocycles. The van der Waals surface area contributed by atoms with Crippen molar-refractivity contribution in [3.05, 3.63) is 77.9 Å². The van der Waals surface area contributed by atoms with E-state index < -0.39 is 51.1 Å². The molecule has 0 radical (unpaired) electrons. The molecular weight excluding hydrogens is 651 g/mol. The fourth-order valence-corrected chi connectivity index (χ4v) is 7.02. The Morgan fingerprint density at radius 3 is 2.43 bits per heavy atom. The van der Waals surface area contributed by atoms with Crippen LogP contribution in [0, 0.1) is 5.82 Å². The Morgan fingerprint density at radius 1 is 1.13 bits per heavy atom. The largest absolute Gasteiger partial charge is 0.445 e. The van der Waals surface area contributed by atoms with Crippen molar-refractivity contribution >= 4 is 44.6 Å². The lowest BCUT2D eigenvalue weighted by molar-refractivity contribution is 0.0798. The molecule has 2 aliphatic rings. The second kappa shape index (κ2) is 13.1. The molecule has 0 saturated carbocycles. The molecular formula is C26H28FN7O10P2. The van der Waals surface area contributed by atoms with E-state index in [4.69, 9.17) is 9.47 Å². The van der Waals surface area contributed by atoms with E-state index in [2.05, 4.69) is 26.4 Å². The van der Waals surface area contributed by atoms with E-state index in [1.165, 1.54) is 47.5 Å². The van der Waals surface area contributed by atoms with Crippen molar-refractivity contribution in [2.75, 3.05) is 30.4 Å². The van der Waals surface area contributed by atoms with Gasteiger partial charge in [0.1, 0.15) is 18.1 Å². The number of halogens is 1. The molecule has 7 N–H and O–H groups in total. The van der Waals surface area contributed by atoms with Crippen LogP contribution in [0.3, 0.4) is 0 Å². The minimum atomic E-state index is -5.09. The van der Waals surface area contributed by atoms with Crippen LogP contribution >= 0.6 is 15.2 Å². The van der Waals surface area contributed by atoms with E-state index in [0.717, 1.165) is 0 Å². The normalized spacial score (nSPS) is 16.9. The summed E-state index contributed by atoms with van der Waals surface area (Å²) in [5.41, 5.74) is 7.64. The van der Waals surface area contributed by atoms with Gasteiger partial charge in [-0.25, -0.2) is 19.5 Å². The molecule has 0 bridgehead atoms. The number of rotatable bonds is 10. The second-order valence-electron chi connectivity index (χ2n) is 10.2. The Kier molecular flexibility index (Phi) is 9.42. The molecule has 20 heteroatoms. The molecule has 0 spiro atoms. The zero-order valence-electron chi connectivity index (χ0n) is 23.8. The number of benzene rings is 2. The van der Waals surface area contributed by atoms with Crippen LogP contribution in [-0.4, -0.2) is 79.4 Å². The van der Waals surface area contributed by atoms with Crippen molar-refractivity contribution in [3.8, 4) is 11.1 Å². The number of carbonyl (C=O) groups excluding carboxylic acids is 2. The van der Waals surface area contributed by atoms with Crippen molar-refractivity contribution in [1.82, 2.24) is 21.1 Å². The number of hydrazone groups is 1. The van der Waals surface area contributed by atoms with Crippen LogP contribution in [-0.2, 0) is 25.0 Å². The van der Waals surface area contributed by atoms with Crippen molar-refractivity contribution < 1.29 is 52.2 Å². The van der Waals surface area contributed by atoms with Gasteiger partial charge < -0.3 is 29.0 Å². The lowest BCUT2D eigenvalue weighted by Gasteiger charge is -2.19. The molecule has 0 unspecified atom stereocenters. The summed E-state index contributed by atoms with van der Waals surface area (Å²) in [4.78, 5) is 67.5. The highest BCUT2D eigenvalue weighted by molar-refractivity contribution is 7.70. The van der Waals surface area contributed by atoms with Gasteiger partial charge in [0.25, 0.3) is 0 Å². The molecule has 244 valence electrons. The smallest absolute Gasteiger partial charge is 0.414 e. The van der Waals surface area contributed by atoms with Gasteiger partial charge in [-0.1, -0.05) is 18.2 Å². The van der Waals surface area contributed by atoms with Crippen LogP contribution in [0.5, 0.6) is 0 Å². The number of aromatic nitrogens is 1. The monoisotopic (exact) mass is 679 g/mol. The van der Waals surface area contributed by atoms with Crippen LogP contribution in [0.15, 0.2) is 65.9 Å². The summed E-state index contributed by atoms with van der Waals surface area (Å²) >= 11 is 0. The molecule has 2 aromatic carbocycles. The average Bonchev–Trinajstić information content (AvgIpc) is 3.59. The molecule has 17 nitrogen and oxygen atoms in total. The van der Waals surface area contributed by atoms with E-state index in [-0.39, 0.29) is 35.7 Å². The predicted molar refractivity (Wildman–Crippen MR) is 161 cm³/mol. The highest BCUT2D eigenvalue weighted by Gasteiger charge is 2.43. The third-order valence-corrected chi connectivity index (χ3v) is 10.6. The molecule has 3 aromatic rings. The number of nitrogens with one attached hydrogen (secondary N) is 3. The number of hydrogen-bond acceptors (Lipinski definition) is 11. The highest BCUT2D eigenvalue weighted by Crippen LogP contribution is 2.60. The van der Waals surface area contributed by atoms with Crippen molar-refractivity contribution in [2.45, 2.75) is 17.9 Å². The number of nitrogens with zero attached hydrogens (tertiary/aromatic N) is 4. The molecule has 1 atom stereocenters. The molecule has 1 fully saturated rings. The first-order chi connectivity index (χ1) is 21.7. The first-order valence-corrected chi connectivity index (χ1v) is 16.7. The Hall–Kier alpha value is -4.41. The summed E-state index contributed by atoms with van der Waals surface area (Å²) in [7, 11) is -8.45. The fraction of sp³-hybridized carbons (Fsp3) is 0.231. The average molecular weight is 679 g/mol. The number of carbonyl (C=O) groups is 2. The van der Waals surface area contributed by atoms with Gasteiger partial charge in [-0.2, -0.15) is 0 Å². The maximum Gasteiger partial charge on any atom is 0.414 e. The molecule has 1 saturated heterocycles. The van der Waals surface area contributed by atoms with Gasteiger partial charge in [0.05, 0.1) is 12.2 Å². The summed E-state index contributed by atoms with van der Waals surface area (Å²) in [5, 5.41) is 5.83. The number of amidine groups is 1.